The minimum atomic E-state index is 0.135. The number of para-hydroxylation sites is 3. The van der Waals surface area contributed by atoms with Gasteiger partial charge in [-0.15, -0.1) is 0 Å². The zero-order valence-electron chi connectivity index (χ0n) is 26.9. The Bertz CT molecular complexity index is 2460. The summed E-state index contributed by atoms with van der Waals surface area (Å²) in [5.41, 5.74) is 15.7. The van der Waals surface area contributed by atoms with Gasteiger partial charge in [0.15, 0.2) is 0 Å². The number of fused-ring (bicyclic) bond motifs is 5. The summed E-state index contributed by atoms with van der Waals surface area (Å²) in [4.78, 5) is 2.60. The molecule has 0 aliphatic heterocycles. The second-order valence-corrected chi connectivity index (χ2v) is 15.3. The van der Waals surface area contributed by atoms with E-state index >= 15 is 0 Å². The van der Waals surface area contributed by atoms with Crippen LogP contribution in [0.3, 0.4) is 0 Å². The van der Waals surface area contributed by atoms with E-state index in [-0.39, 0.29) is 5.41 Å². The lowest BCUT2D eigenvalue weighted by Gasteiger charge is -2.60. The standard InChI is InChI=1S/C46H36N2/c1-3-11-31(12-4-1)47(33-21-22-41-38(27-33)34-15-7-8-19-40(34)48(41)32-13-5-2-6-14-32)42-20-10-17-36-35-16-9-18-37-43-29-23-28-24-30(26-29)46(44(35)37,45(36)42)39(43)25-28/h1-22,27-30,39,43H,23-26H2. The number of nitrogens with zero attached hydrogens (tertiary/aromatic N) is 2. The maximum Gasteiger partial charge on any atom is 0.0542 e. The molecule has 4 saturated carbocycles. The second-order valence-electron chi connectivity index (χ2n) is 15.3. The lowest BCUT2D eigenvalue weighted by molar-refractivity contribution is -0.0429. The fourth-order valence-corrected chi connectivity index (χ4v) is 12.2. The van der Waals surface area contributed by atoms with Crippen molar-refractivity contribution < 1.29 is 0 Å². The highest BCUT2D eigenvalue weighted by molar-refractivity contribution is 6.11. The van der Waals surface area contributed by atoms with E-state index in [1.54, 1.807) is 16.7 Å². The molecule has 6 atom stereocenters. The molecule has 48 heavy (non-hydrogen) atoms. The largest absolute Gasteiger partial charge is 0.310 e. The van der Waals surface area contributed by atoms with Crippen LogP contribution in [0.2, 0.25) is 0 Å². The molecule has 0 N–H and O–H groups in total. The summed E-state index contributed by atoms with van der Waals surface area (Å²) in [5, 5.41) is 2.58. The van der Waals surface area contributed by atoms with Gasteiger partial charge >= 0.3 is 0 Å². The summed E-state index contributed by atoms with van der Waals surface area (Å²) in [6.07, 6.45) is 5.65. The van der Waals surface area contributed by atoms with Crippen LogP contribution in [0.1, 0.15) is 48.3 Å². The smallest absolute Gasteiger partial charge is 0.0542 e. The molecule has 1 spiro atoms. The maximum absolute atomic E-state index is 2.60. The van der Waals surface area contributed by atoms with Gasteiger partial charge in [-0.25, -0.2) is 0 Å². The van der Waals surface area contributed by atoms with Gasteiger partial charge in [-0.1, -0.05) is 84.9 Å². The molecule has 4 fully saturated rings. The van der Waals surface area contributed by atoms with Gasteiger partial charge in [0.1, 0.15) is 0 Å². The normalized spacial score (nSPS) is 26.7. The molecule has 2 heteroatoms. The predicted molar refractivity (Wildman–Crippen MR) is 197 cm³/mol. The molecule has 2 nitrogen and oxygen atoms in total. The number of anilines is 3. The van der Waals surface area contributed by atoms with Crippen LogP contribution in [0.4, 0.5) is 17.1 Å². The third-order valence-electron chi connectivity index (χ3n) is 13.4. The van der Waals surface area contributed by atoms with E-state index < -0.39 is 0 Å². The average Bonchev–Trinajstić information content (AvgIpc) is 3.73. The Morgan fingerprint density at radius 3 is 2.19 bits per heavy atom. The number of rotatable bonds is 4. The Labute approximate surface area is 281 Å². The van der Waals surface area contributed by atoms with Crippen molar-refractivity contribution in [3.8, 4) is 16.8 Å². The van der Waals surface area contributed by atoms with Crippen molar-refractivity contribution >= 4 is 38.9 Å². The number of hydrogen-bond acceptors (Lipinski definition) is 1. The SMILES string of the molecule is c1ccc(N(c2ccc3c(c2)c2ccccc2n3-c2ccccc2)c2cccc3c2C24c5c-3cccc5C3C5CC(CC2C5)CC34)cc1. The number of hydrogen-bond donors (Lipinski definition) is 0. The molecule has 6 aromatic carbocycles. The number of benzene rings is 6. The first-order chi connectivity index (χ1) is 23.8. The predicted octanol–water partition coefficient (Wildman–Crippen LogP) is 11.7. The molecule has 230 valence electrons. The van der Waals surface area contributed by atoms with Crippen LogP contribution in [0.25, 0.3) is 38.6 Å². The first kappa shape index (κ1) is 25.9. The molecule has 13 rings (SSSR count). The minimum Gasteiger partial charge on any atom is -0.310 e. The van der Waals surface area contributed by atoms with Crippen molar-refractivity contribution in [2.45, 2.75) is 37.0 Å². The summed E-state index contributed by atoms with van der Waals surface area (Å²) in [7, 11) is 0. The molecule has 0 radical (unpaired) electrons. The lowest BCUT2D eigenvalue weighted by Crippen LogP contribution is -2.55. The first-order valence-electron chi connectivity index (χ1n) is 18.0. The van der Waals surface area contributed by atoms with Crippen molar-refractivity contribution in [1.29, 1.82) is 0 Å². The van der Waals surface area contributed by atoms with Crippen molar-refractivity contribution in [3.63, 3.8) is 0 Å². The zero-order valence-corrected chi connectivity index (χ0v) is 26.9. The Morgan fingerprint density at radius 2 is 1.31 bits per heavy atom. The van der Waals surface area contributed by atoms with E-state index in [0.29, 0.717) is 0 Å². The second kappa shape index (κ2) is 9.08. The van der Waals surface area contributed by atoms with Crippen molar-refractivity contribution in [1.82, 2.24) is 4.57 Å². The van der Waals surface area contributed by atoms with Gasteiger partial charge < -0.3 is 9.47 Å². The summed E-state index contributed by atoms with van der Waals surface area (Å²) in [6, 6.07) is 52.6. The Balaban J connectivity index is 1.14. The van der Waals surface area contributed by atoms with Crippen LogP contribution < -0.4 is 4.90 Å². The van der Waals surface area contributed by atoms with Gasteiger partial charge in [-0.3, -0.25) is 0 Å². The zero-order chi connectivity index (χ0) is 31.1. The van der Waals surface area contributed by atoms with Gasteiger partial charge in [0.05, 0.1) is 16.7 Å². The Morgan fingerprint density at radius 1 is 0.562 bits per heavy atom. The van der Waals surface area contributed by atoms with Crippen LogP contribution >= 0.6 is 0 Å². The van der Waals surface area contributed by atoms with E-state index in [1.165, 1.54) is 81.4 Å². The molecule has 6 aliphatic rings. The summed E-state index contributed by atoms with van der Waals surface area (Å²) in [5.74, 6) is 4.01. The van der Waals surface area contributed by atoms with Crippen LogP contribution in [0, 0.1) is 23.7 Å². The molecule has 0 saturated heterocycles. The highest BCUT2D eigenvalue weighted by Crippen LogP contribution is 2.78. The lowest BCUT2D eigenvalue weighted by atomic mass is 9.43. The first-order valence-corrected chi connectivity index (χ1v) is 18.0. The quantitative estimate of drug-likeness (QED) is 0.191. The fraction of sp³-hybridized carbons (Fsp3) is 0.217. The molecule has 0 amide bonds. The van der Waals surface area contributed by atoms with Crippen LogP contribution in [-0.2, 0) is 5.41 Å². The summed E-state index contributed by atoms with van der Waals surface area (Å²) >= 11 is 0. The van der Waals surface area contributed by atoms with E-state index in [4.69, 9.17) is 0 Å². The van der Waals surface area contributed by atoms with Crippen LogP contribution in [0.15, 0.2) is 140 Å². The van der Waals surface area contributed by atoms with Crippen molar-refractivity contribution in [3.05, 3.63) is 156 Å². The van der Waals surface area contributed by atoms with Gasteiger partial charge in [0.25, 0.3) is 0 Å². The average molecular weight is 617 g/mol. The molecule has 6 bridgehead atoms. The molecule has 1 heterocycles. The number of aromatic nitrogens is 1. The highest BCUT2D eigenvalue weighted by Gasteiger charge is 2.70. The molecule has 7 aromatic rings. The Hall–Kier alpha value is -5.08. The van der Waals surface area contributed by atoms with Gasteiger partial charge in [0.2, 0.25) is 0 Å². The summed E-state index contributed by atoms with van der Waals surface area (Å²) < 4.78 is 2.42. The van der Waals surface area contributed by atoms with Gasteiger partial charge in [-0.2, -0.15) is 0 Å². The highest BCUT2D eigenvalue weighted by atomic mass is 15.1. The molecule has 6 aliphatic carbocycles. The van der Waals surface area contributed by atoms with E-state index in [1.807, 2.05) is 0 Å². The van der Waals surface area contributed by atoms with E-state index in [9.17, 15) is 0 Å². The molecule has 1 aromatic heterocycles. The monoisotopic (exact) mass is 616 g/mol. The van der Waals surface area contributed by atoms with Gasteiger partial charge in [-0.05, 0) is 138 Å². The Kier molecular flexibility index (Phi) is 4.91. The van der Waals surface area contributed by atoms with Crippen molar-refractivity contribution in [2.75, 3.05) is 4.90 Å². The molecule has 6 unspecified atom stereocenters. The third kappa shape index (κ3) is 3.02. The van der Waals surface area contributed by atoms with Crippen LogP contribution in [0.5, 0.6) is 0 Å². The molecular weight excluding hydrogens is 581 g/mol. The topological polar surface area (TPSA) is 8.17 Å². The summed E-state index contributed by atoms with van der Waals surface area (Å²) in [6.45, 7) is 0. The molecular formula is C46H36N2. The fourth-order valence-electron chi connectivity index (χ4n) is 12.2. The maximum atomic E-state index is 2.60. The third-order valence-corrected chi connectivity index (χ3v) is 13.4. The van der Waals surface area contributed by atoms with E-state index in [0.717, 1.165) is 29.6 Å². The minimum absolute atomic E-state index is 0.135. The van der Waals surface area contributed by atoms with Crippen molar-refractivity contribution in [2.24, 2.45) is 23.7 Å². The van der Waals surface area contributed by atoms with E-state index in [2.05, 4.69) is 149 Å². The van der Waals surface area contributed by atoms with Gasteiger partial charge in [0, 0.05) is 33.2 Å². The van der Waals surface area contributed by atoms with Crippen LogP contribution in [-0.4, -0.2) is 4.57 Å².